The zero-order chi connectivity index (χ0) is 12.0. The summed E-state index contributed by atoms with van der Waals surface area (Å²) in [6, 6.07) is 0.468. The standard InChI is InChI=1S/C10H19F3N2O/c1-15(9-2-4-14-5-3-9)6-7-16-8-10(11,12)13/h9,14H,2-8H2,1H3. The molecule has 0 radical (unpaired) electrons. The molecule has 1 heterocycles. The Morgan fingerprint density at radius 3 is 2.50 bits per heavy atom. The topological polar surface area (TPSA) is 24.5 Å². The Balaban J connectivity index is 2.07. The molecule has 1 rings (SSSR count). The van der Waals surface area contributed by atoms with Crippen molar-refractivity contribution >= 4 is 0 Å². The zero-order valence-corrected chi connectivity index (χ0v) is 9.52. The molecule has 0 aromatic carbocycles. The maximum absolute atomic E-state index is 11.8. The van der Waals surface area contributed by atoms with Gasteiger partial charge in [0.2, 0.25) is 0 Å². The second-order valence-corrected chi connectivity index (χ2v) is 4.13. The smallest absolute Gasteiger partial charge is 0.371 e. The van der Waals surface area contributed by atoms with E-state index < -0.39 is 12.8 Å². The summed E-state index contributed by atoms with van der Waals surface area (Å²) in [5, 5.41) is 3.25. The maximum atomic E-state index is 11.8. The number of nitrogens with one attached hydrogen (secondary N) is 1. The first-order valence-corrected chi connectivity index (χ1v) is 5.54. The van der Waals surface area contributed by atoms with Crippen LogP contribution in [0.1, 0.15) is 12.8 Å². The molecule has 0 aromatic rings. The Bertz CT molecular complexity index is 193. The van der Waals surface area contributed by atoms with Crippen molar-refractivity contribution in [2.75, 3.05) is 39.9 Å². The van der Waals surface area contributed by atoms with Gasteiger partial charge in [0.1, 0.15) is 6.61 Å². The Labute approximate surface area is 93.9 Å². The predicted molar refractivity (Wildman–Crippen MR) is 55.4 cm³/mol. The van der Waals surface area contributed by atoms with E-state index in [2.05, 4.69) is 15.0 Å². The molecule has 0 unspecified atom stereocenters. The van der Waals surface area contributed by atoms with Crippen molar-refractivity contribution in [2.45, 2.75) is 25.1 Å². The molecule has 0 atom stereocenters. The lowest BCUT2D eigenvalue weighted by Crippen LogP contribution is -2.42. The Morgan fingerprint density at radius 1 is 1.31 bits per heavy atom. The van der Waals surface area contributed by atoms with Gasteiger partial charge in [-0.15, -0.1) is 0 Å². The molecular formula is C10H19F3N2O. The highest BCUT2D eigenvalue weighted by molar-refractivity contribution is 4.75. The molecular weight excluding hydrogens is 221 g/mol. The van der Waals surface area contributed by atoms with Crippen LogP contribution in [0.2, 0.25) is 0 Å². The fourth-order valence-corrected chi connectivity index (χ4v) is 1.83. The predicted octanol–water partition coefficient (Wildman–Crippen LogP) is 1.25. The van der Waals surface area contributed by atoms with Crippen LogP contribution >= 0.6 is 0 Å². The zero-order valence-electron chi connectivity index (χ0n) is 9.52. The average Bonchev–Trinajstić information content (AvgIpc) is 2.24. The summed E-state index contributed by atoms with van der Waals surface area (Å²) in [5.74, 6) is 0. The van der Waals surface area contributed by atoms with Crippen LogP contribution in [-0.4, -0.2) is 57.0 Å². The molecule has 16 heavy (non-hydrogen) atoms. The number of rotatable bonds is 5. The van der Waals surface area contributed by atoms with Crippen LogP contribution < -0.4 is 5.32 Å². The van der Waals surface area contributed by atoms with E-state index in [1.807, 2.05) is 7.05 Å². The average molecular weight is 240 g/mol. The van der Waals surface area contributed by atoms with Crippen LogP contribution in [-0.2, 0) is 4.74 Å². The van der Waals surface area contributed by atoms with Gasteiger partial charge in [0.25, 0.3) is 0 Å². The quantitative estimate of drug-likeness (QED) is 0.732. The molecule has 0 aliphatic carbocycles. The molecule has 6 heteroatoms. The number of piperidine rings is 1. The number of hydrogen-bond acceptors (Lipinski definition) is 3. The molecule has 0 amide bonds. The van der Waals surface area contributed by atoms with Crippen molar-refractivity contribution in [1.29, 1.82) is 0 Å². The number of likely N-dealkylation sites (N-methyl/N-ethyl adjacent to an activating group) is 1. The Kier molecular flexibility index (Phi) is 5.51. The van der Waals surface area contributed by atoms with Crippen LogP contribution in [0, 0.1) is 0 Å². The summed E-state index contributed by atoms with van der Waals surface area (Å²) in [7, 11) is 1.94. The van der Waals surface area contributed by atoms with E-state index in [1.54, 1.807) is 0 Å². The number of alkyl halides is 3. The highest BCUT2D eigenvalue weighted by Gasteiger charge is 2.27. The number of ether oxygens (including phenoxy) is 1. The maximum Gasteiger partial charge on any atom is 0.411 e. The van der Waals surface area contributed by atoms with Gasteiger partial charge in [0.05, 0.1) is 6.61 Å². The molecule has 1 saturated heterocycles. The van der Waals surface area contributed by atoms with Gasteiger partial charge in [-0.2, -0.15) is 13.2 Å². The summed E-state index contributed by atoms with van der Waals surface area (Å²) in [6.07, 6.45) is -2.11. The van der Waals surface area contributed by atoms with E-state index in [4.69, 9.17) is 0 Å². The number of halogens is 3. The Morgan fingerprint density at radius 2 is 1.94 bits per heavy atom. The number of hydrogen-bond donors (Lipinski definition) is 1. The van der Waals surface area contributed by atoms with Crippen molar-refractivity contribution < 1.29 is 17.9 Å². The lowest BCUT2D eigenvalue weighted by Gasteiger charge is -2.31. The largest absolute Gasteiger partial charge is 0.411 e. The summed E-state index contributed by atoms with van der Waals surface area (Å²) >= 11 is 0. The third-order valence-corrected chi connectivity index (χ3v) is 2.79. The van der Waals surface area contributed by atoms with Gasteiger partial charge in [-0.25, -0.2) is 0 Å². The first kappa shape index (κ1) is 13.7. The van der Waals surface area contributed by atoms with E-state index in [0.717, 1.165) is 25.9 Å². The van der Waals surface area contributed by atoms with E-state index in [-0.39, 0.29) is 6.61 Å². The minimum absolute atomic E-state index is 0.139. The van der Waals surface area contributed by atoms with Crippen LogP contribution in [0.25, 0.3) is 0 Å². The van der Waals surface area contributed by atoms with E-state index in [1.165, 1.54) is 0 Å². The molecule has 96 valence electrons. The fourth-order valence-electron chi connectivity index (χ4n) is 1.83. The fraction of sp³-hybridized carbons (Fsp3) is 1.00. The first-order chi connectivity index (χ1) is 7.49. The first-order valence-electron chi connectivity index (χ1n) is 5.54. The van der Waals surface area contributed by atoms with Crippen molar-refractivity contribution in [2.24, 2.45) is 0 Å². The second kappa shape index (κ2) is 6.42. The lowest BCUT2D eigenvalue weighted by atomic mass is 10.1. The summed E-state index contributed by atoms with van der Waals surface area (Å²) in [6.45, 7) is 1.52. The van der Waals surface area contributed by atoms with E-state index in [0.29, 0.717) is 12.6 Å². The van der Waals surface area contributed by atoms with Crippen molar-refractivity contribution in [3.63, 3.8) is 0 Å². The molecule has 3 nitrogen and oxygen atoms in total. The highest BCUT2D eigenvalue weighted by Crippen LogP contribution is 2.14. The number of nitrogens with zero attached hydrogens (tertiary/aromatic N) is 1. The molecule has 0 saturated carbocycles. The van der Waals surface area contributed by atoms with Crippen LogP contribution in [0.5, 0.6) is 0 Å². The monoisotopic (exact) mass is 240 g/mol. The van der Waals surface area contributed by atoms with Gasteiger partial charge in [-0.1, -0.05) is 0 Å². The lowest BCUT2D eigenvalue weighted by molar-refractivity contribution is -0.174. The van der Waals surface area contributed by atoms with Gasteiger partial charge in [-0.3, -0.25) is 0 Å². The molecule has 0 spiro atoms. The van der Waals surface area contributed by atoms with E-state index in [9.17, 15) is 13.2 Å². The van der Waals surface area contributed by atoms with Crippen LogP contribution in [0.4, 0.5) is 13.2 Å². The molecule has 1 aliphatic rings. The van der Waals surface area contributed by atoms with Crippen LogP contribution in [0.3, 0.4) is 0 Å². The van der Waals surface area contributed by atoms with Gasteiger partial charge < -0.3 is 15.0 Å². The van der Waals surface area contributed by atoms with Crippen molar-refractivity contribution in [3.05, 3.63) is 0 Å². The minimum Gasteiger partial charge on any atom is -0.371 e. The van der Waals surface area contributed by atoms with E-state index >= 15 is 0 Å². The summed E-state index contributed by atoms with van der Waals surface area (Å²) in [5.41, 5.74) is 0. The third-order valence-electron chi connectivity index (χ3n) is 2.79. The van der Waals surface area contributed by atoms with Gasteiger partial charge in [0, 0.05) is 12.6 Å². The normalized spacial score (nSPS) is 19.3. The molecule has 1 aliphatic heterocycles. The Hall–Kier alpha value is -0.330. The molecule has 1 N–H and O–H groups in total. The SMILES string of the molecule is CN(CCOCC(F)(F)F)C1CCNCC1. The van der Waals surface area contributed by atoms with Gasteiger partial charge >= 0.3 is 6.18 Å². The minimum atomic E-state index is -4.21. The summed E-state index contributed by atoms with van der Waals surface area (Å²) in [4.78, 5) is 2.08. The second-order valence-electron chi connectivity index (χ2n) is 4.13. The van der Waals surface area contributed by atoms with Gasteiger partial charge in [-0.05, 0) is 33.0 Å². The molecule has 1 fully saturated rings. The summed E-state index contributed by atoms with van der Waals surface area (Å²) < 4.78 is 39.9. The molecule has 0 bridgehead atoms. The van der Waals surface area contributed by atoms with Gasteiger partial charge in [0.15, 0.2) is 0 Å². The highest BCUT2D eigenvalue weighted by atomic mass is 19.4. The third kappa shape index (κ3) is 5.67. The van der Waals surface area contributed by atoms with Crippen LogP contribution in [0.15, 0.2) is 0 Å². The van der Waals surface area contributed by atoms with Crippen molar-refractivity contribution in [3.8, 4) is 0 Å². The molecule has 0 aromatic heterocycles. The van der Waals surface area contributed by atoms with Crippen molar-refractivity contribution in [1.82, 2.24) is 10.2 Å².